The van der Waals surface area contributed by atoms with Crippen LogP contribution in [0.25, 0.3) is 22.0 Å². The van der Waals surface area contributed by atoms with Gasteiger partial charge in [0.2, 0.25) is 0 Å². The number of nitrogens with zero attached hydrogens (tertiary/aromatic N) is 1. The molecule has 1 aromatic heterocycles. The summed E-state index contributed by atoms with van der Waals surface area (Å²) in [6.07, 6.45) is -2.46. The van der Waals surface area contributed by atoms with Crippen molar-refractivity contribution in [1.29, 1.82) is 0 Å². The SMILES string of the molecule is CC(C)(C)OC(=O)c1c(-c2cccc(OCC3CC3)c2)c2ccccc2n1Cc1cccc(OC(F)(F)F)c1. The average molecular weight is 538 g/mol. The number of esters is 1. The molecule has 0 radical (unpaired) electrons. The average Bonchev–Trinajstić information content (AvgIpc) is 3.62. The molecule has 8 heteroatoms. The van der Waals surface area contributed by atoms with Gasteiger partial charge in [-0.2, -0.15) is 0 Å². The number of aromatic nitrogens is 1. The van der Waals surface area contributed by atoms with Crippen molar-refractivity contribution in [1.82, 2.24) is 4.57 Å². The summed E-state index contributed by atoms with van der Waals surface area (Å²) >= 11 is 0. The standard InChI is InChI=1S/C31H30F3NO4/c1-30(2,3)39-29(36)28-27(22-9-7-10-23(17-22)37-19-20-14-15-20)25-12-4-5-13-26(25)35(28)18-21-8-6-11-24(16-21)38-31(32,33)34/h4-13,16-17,20H,14-15,18-19H2,1-3H3. The molecule has 0 saturated heterocycles. The van der Waals surface area contributed by atoms with Crippen molar-refractivity contribution < 1.29 is 32.2 Å². The van der Waals surface area contributed by atoms with Gasteiger partial charge in [-0.05, 0) is 81.0 Å². The molecule has 204 valence electrons. The molecule has 1 saturated carbocycles. The topological polar surface area (TPSA) is 49.7 Å². The summed E-state index contributed by atoms with van der Waals surface area (Å²) in [4.78, 5) is 13.8. The van der Waals surface area contributed by atoms with E-state index in [2.05, 4.69) is 4.74 Å². The molecule has 0 aliphatic heterocycles. The van der Waals surface area contributed by atoms with E-state index in [1.165, 1.54) is 31.0 Å². The highest BCUT2D eigenvalue weighted by atomic mass is 19.4. The van der Waals surface area contributed by atoms with Crippen LogP contribution in [0.5, 0.6) is 11.5 Å². The van der Waals surface area contributed by atoms with E-state index >= 15 is 0 Å². The number of para-hydroxylation sites is 1. The molecular formula is C31H30F3NO4. The number of benzene rings is 3. The fourth-order valence-electron chi connectivity index (χ4n) is 4.56. The Morgan fingerprint density at radius 3 is 2.36 bits per heavy atom. The van der Waals surface area contributed by atoms with Gasteiger partial charge in [0.15, 0.2) is 0 Å². The van der Waals surface area contributed by atoms with Gasteiger partial charge in [-0.15, -0.1) is 13.2 Å². The molecule has 1 fully saturated rings. The number of carbonyl (C=O) groups excluding carboxylic acids is 1. The van der Waals surface area contributed by atoms with Gasteiger partial charge in [0.25, 0.3) is 0 Å². The molecule has 0 unspecified atom stereocenters. The van der Waals surface area contributed by atoms with E-state index in [1.54, 1.807) is 31.4 Å². The van der Waals surface area contributed by atoms with Crippen molar-refractivity contribution in [3.8, 4) is 22.6 Å². The maximum atomic E-state index is 13.8. The summed E-state index contributed by atoms with van der Waals surface area (Å²) in [7, 11) is 0. The van der Waals surface area contributed by atoms with Crippen molar-refractivity contribution >= 4 is 16.9 Å². The van der Waals surface area contributed by atoms with Gasteiger partial charge in [-0.25, -0.2) is 4.79 Å². The van der Waals surface area contributed by atoms with E-state index in [4.69, 9.17) is 9.47 Å². The number of carbonyl (C=O) groups is 1. The number of hydrogen-bond donors (Lipinski definition) is 0. The molecule has 1 aliphatic carbocycles. The zero-order valence-corrected chi connectivity index (χ0v) is 22.0. The Hall–Kier alpha value is -3.94. The van der Waals surface area contributed by atoms with Crippen molar-refractivity contribution in [3.05, 3.63) is 84.1 Å². The van der Waals surface area contributed by atoms with Gasteiger partial charge in [0.1, 0.15) is 22.8 Å². The quantitative estimate of drug-likeness (QED) is 0.214. The van der Waals surface area contributed by atoms with Crippen molar-refractivity contribution in [3.63, 3.8) is 0 Å². The molecule has 5 rings (SSSR count). The Balaban J connectivity index is 1.64. The normalized spacial score (nSPS) is 13.9. The van der Waals surface area contributed by atoms with Gasteiger partial charge < -0.3 is 18.8 Å². The van der Waals surface area contributed by atoms with E-state index in [0.29, 0.717) is 35.1 Å². The fraction of sp³-hybridized carbons (Fsp3) is 0.323. The summed E-state index contributed by atoms with van der Waals surface area (Å²) in [6.45, 7) is 6.16. The Morgan fingerprint density at radius 1 is 0.923 bits per heavy atom. The first-order valence-corrected chi connectivity index (χ1v) is 12.9. The molecule has 0 bridgehead atoms. The maximum absolute atomic E-state index is 13.8. The lowest BCUT2D eigenvalue weighted by atomic mass is 10.0. The van der Waals surface area contributed by atoms with E-state index in [-0.39, 0.29) is 12.3 Å². The third-order valence-electron chi connectivity index (χ3n) is 6.34. The lowest BCUT2D eigenvalue weighted by Crippen LogP contribution is -2.26. The first-order chi connectivity index (χ1) is 18.5. The molecule has 5 nitrogen and oxygen atoms in total. The Labute approximate surface area is 225 Å². The predicted molar refractivity (Wildman–Crippen MR) is 143 cm³/mol. The number of rotatable bonds is 8. The summed E-state index contributed by atoms with van der Waals surface area (Å²) in [5.74, 6) is 0.449. The molecule has 3 aromatic carbocycles. The summed E-state index contributed by atoms with van der Waals surface area (Å²) in [6, 6.07) is 20.9. The molecule has 0 N–H and O–H groups in total. The van der Waals surface area contributed by atoms with Crippen LogP contribution in [0.2, 0.25) is 0 Å². The van der Waals surface area contributed by atoms with Crippen molar-refractivity contribution in [2.45, 2.75) is 52.1 Å². The monoisotopic (exact) mass is 537 g/mol. The Morgan fingerprint density at radius 2 is 1.64 bits per heavy atom. The molecule has 1 aliphatic rings. The third kappa shape index (κ3) is 6.56. The van der Waals surface area contributed by atoms with E-state index in [0.717, 1.165) is 16.5 Å². The van der Waals surface area contributed by atoms with Crippen LogP contribution in [-0.4, -0.2) is 29.1 Å². The zero-order chi connectivity index (χ0) is 27.8. The van der Waals surface area contributed by atoms with Crippen LogP contribution in [0.15, 0.2) is 72.8 Å². The maximum Gasteiger partial charge on any atom is 0.573 e. The second kappa shape index (κ2) is 10.3. The smallest absolute Gasteiger partial charge is 0.493 e. The van der Waals surface area contributed by atoms with Crippen molar-refractivity contribution in [2.24, 2.45) is 5.92 Å². The minimum absolute atomic E-state index is 0.127. The molecule has 0 spiro atoms. The number of hydrogen-bond acceptors (Lipinski definition) is 4. The van der Waals surface area contributed by atoms with Crippen LogP contribution in [-0.2, 0) is 11.3 Å². The Kier molecular flexibility index (Phi) is 7.05. The minimum atomic E-state index is -4.81. The van der Waals surface area contributed by atoms with Crippen LogP contribution >= 0.6 is 0 Å². The van der Waals surface area contributed by atoms with E-state index in [1.807, 2.05) is 48.5 Å². The number of ether oxygens (including phenoxy) is 3. The first kappa shape index (κ1) is 26.7. The van der Waals surface area contributed by atoms with Crippen LogP contribution in [0, 0.1) is 5.92 Å². The lowest BCUT2D eigenvalue weighted by Gasteiger charge is -2.21. The molecular weight excluding hydrogens is 507 g/mol. The largest absolute Gasteiger partial charge is 0.573 e. The van der Waals surface area contributed by atoms with Gasteiger partial charge in [-0.1, -0.05) is 42.5 Å². The highest BCUT2D eigenvalue weighted by Gasteiger charge is 2.32. The predicted octanol–water partition coefficient (Wildman–Crippen LogP) is 8.00. The van der Waals surface area contributed by atoms with E-state index in [9.17, 15) is 18.0 Å². The van der Waals surface area contributed by atoms with E-state index < -0.39 is 17.9 Å². The molecule has 39 heavy (non-hydrogen) atoms. The second-order valence-electron chi connectivity index (χ2n) is 10.8. The van der Waals surface area contributed by atoms with Gasteiger partial charge >= 0.3 is 12.3 Å². The van der Waals surface area contributed by atoms with Crippen LogP contribution in [0.1, 0.15) is 49.7 Å². The fourth-order valence-corrected chi connectivity index (χ4v) is 4.56. The first-order valence-electron chi connectivity index (χ1n) is 12.9. The molecule has 0 amide bonds. The number of halogens is 3. The van der Waals surface area contributed by atoms with Crippen LogP contribution < -0.4 is 9.47 Å². The van der Waals surface area contributed by atoms with Crippen LogP contribution in [0.3, 0.4) is 0 Å². The second-order valence-corrected chi connectivity index (χ2v) is 10.8. The third-order valence-corrected chi connectivity index (χ3v) is 6.34. The molecule has 1 heterocycles. The number of fused-ring (bicyclic) bond motifs is 1. The van der Waals surface area contributed by atoms with Gasteiger partial charge in [0.05, 0.1) is 6.61 Å². The van der Waals surface area contributed by atoms with Crippen LogP contribution in [0.4, 0.5) is 13.2 Å². The highest BCUT2D eigenvalue weighted by molar-refractivity contribution is 6.09. The zero-order valence-electron chi connectivity index (χ0n) is 22.0. The van der Waals surface area contributed by atoms with Crippen molar-refractivity contribution in [2.75, 3.05) is 6.61 Å². The Bertz CT molecular complexity index is 1500. The highest BCUT2D eigenvalue weighted by Crippen LogP contribution is 2.38. The van der Waals surface area contributed by atoms with Gasteiger partial charge in [0, 0.05) is 23.0 Å². The lowest BCUT2D eigenvalue weighted by molar-refractivity contribution is -0.274. The minimum Gasteiger partial charge on any atom is -0.493 e. The number of alkyl halides is 3. The van der Waals surface area contributed by atoms with Gasteiger partial charge in [-0.3, -0.25) is 0 Å². The molecule has 4 aromatic rings. The summed E-state index contributed by atoms with van der Waals surface area (Å²) in [5, 5.41) is 0.820. The molecule has 0 atom stereocenters. The summed E-state index contributed by atoms with van der Waals surface area (Å²) < 4.78 is 56.4. The summed E-state index contributed by atoms with van der Waals surface area (Å²) in [5.41, 5.74) is 2.31.